The van der Waals surface area contributed by atoms with Crippen LogP contribution in [0.1, 0.15) is 44.1 Å². The van der Waals surface area contributed by atoms with Crippen LogP contribution in [0, 0.1) is 5.92 Å². The van der Waals surface area contributed by atoms with Crippen molar-refractivity contribution in [1.29, 1.82) is 0 Å². The van der Waals surface area contributed by atoms with Crippen molar-refractivity contribution in [2.75, 3.05) is 24.9 Å². The first kappa shape index (κ1) is 22.7. The van der Waals surface area contributed by atoms with Crippen molar-refractivity contribution in [3.63, 3.8) is 0 Å². The molecule has 0 bridgehead atoms. The van der Waals surface area contributed by atoms with Crippen LogP contribution in [0.3, 0.4) is 0 Å². The average Bonchev–Trinajstić information content (AvgIpc) is 2.64. The zero-order chi connectivity index (χ0) is 20.6. The lowest BCUT2D eigenvalue weighted by atomic mass is 9.89. The topological polar surface area (TPSA) is 102 Å². The normalized spacial score (nSPS) is 16.8. The maximum Gasteiger partial charge on any atom is 0.414 e. The minimum absolute atomic E-state index is 0.108. The van der Waals surface area contributed by atoms with Crippen molar-refractivity contribution >= 4 is 36.7 Å². The van der Waals surface area contributed by atoms with Gasteiger partial charge >= 0.3 is 12.1 Å². The maximum absolute atomic E-state index is 11.9. The number of halogens is 1. The van der Waals surface area contributed by atoms with E-state index < -0.39 is 20.3 Å². The van der Waals surface area contributed by atoms with Gasteiger partial charge in [0, 0.05) is 12.8 Å². The first-order valence-electron chi connectivity index (χ1n) is 9.43. The molecule has 0 radical (unpaired) electrons. The number of nitrogens with one attached hydrogen (secondary N) is 1. The highest BCUT2D eigenvalue weighted by molar-refractivity contribution is 7.57. The van der Waals surface area contributed by atoms with E-state index in [-0.39, 0.29) is 18.0 Å². The van der Waals surface area contributed by atoms with E-state index in [1.165, 1.54) is 6.66 Å². The van der Waals surface area contributed by atoms with Crippen LogP contribution in [0.5, 0.6) is 0 Å². The van der Waals surface area contributed by atoms with Crippen LogP contribution in [0.2, 0.25) is 5.02 Å². The van der Waals surface area contributed by atoms with Crippen molar-refractivity contribution < 1.29 is 28.5 Å². The molecule has 0 aromatic heterocycles. The van der Waals surface area contributed by atoms with Gasteiger partial charge in [0.05, 0.1) is 16.6 Å². The summed E-state index contributed by atoms with van der Waals surface area (Å²) < 4.78 is 21.3. The summed E-state index contributed by atoms with van der Waals surface area (Å²) in [6.45, 7) is 0.889. The summed E-state index contributed by atoms with van der Waals surface area (Å²) in [5, 5.41) is 2.86. The third-order valence-corrected chi connectivity index (χ3v) is 6.11. The molecule has 1 amide bonds. The Hall–Kier alpha value is -1.56. The molecule has 1 fully saturated rings. The molecule has 1 aliphatic rings. The fraction of sp³-hybridized carbons (Fsp3) is 0.579. The Bertz CT molecular complexity index is 729. The third kappa shape index (κ3) is 8.21. The molecule has 2 rings (SSSR count). The molecule has 0 spiro atoms. The van der Waals surface area contributed by atoms with Gasteiger partial charge in [0.1, 0.15) is 0 Å². The monoisotopic (exact) mass is 431 g/mol. The minimum atomic E-state index is -3.04. The average molecular weight is 432 g/mol. The van der Waals surface area contributed by atoms with Crippen molar-refractivity contribution in [3.05, 3.63) is 28.8 Å². The van der Waals surface area contributed by atoms with Gasteiger partial charge in [0.15, 0.2) is 7.37 Å². The van der Waals surface area contributed by atoms with E-state index in [0.717, 1.165) is 37.7 Å². The number of ether oxygens (including phenoxy) is 2. The third-order valence-electron chi connectivity index (χ3n) is 4.64. The number of aryl methyl sites for hydroxylation is 1. The Morgan fingerprint density at radius 3 is 2.64 bits per heavy atom. The fourth-order valence-electron chi connectivity index (χ4n) is 3.14. The summed E-state index contributed by atoms with van der Waals surface area (Å²) in [7, 11) is -3.04. The van der Waals surface area contributed by atoms with Crippen LogP contribution < -0.4 is 5.32 Å². The molecule has 1 unspecified atom stereocenters. The first-order valence-corrected chi connectivity index (χ1v) is 12.1. The zero-order valence-corrected chi connectivity index (χ0v) is 17.6. The summed E-state index contributed by atoms with van der Waals surface area (Å²) >= 11 is 6.09. The molecule has 1 atom stereocenters. The van der Waals surface area contributed by atoms with Crippen molar-refractivity contribution in [2.45, 2.75) is 44.9 Å². The van der Waals surface area contributed by atoms with Crippen molar-refractivity contribution in [2.24, 2.45) is 5.92 Å². The van der Waals surface area contributed by atoms with E-state index in [1.807, 2.05) is 0 Å². The molecular formula is C19H27ClNO6P. The lowest BCUT2D eigenvalue weighted by Gasteiger charge is -2.19. The van der Waals surface area contributed by atoms with E-state index in [1.54, 1.807) is 18.2 Å². The molecule has 2 N–H and O–H groups in total. The summed E-state index contributed by atoms with van der Waals surface area (Å²) in [5.74, 6) is -0.437. The predicted octanol–water partition coefficient (Wildman–Crippen LogP) is 4.80. The Kier molecular flexibility index (Phi) is 8.80. The Labute approximate surface area is 170 Å². The SMILES string of the molecule is CP(=O)(O)CCCc1ccc(Cl)c(NC(=O)OCOC(=O)C2CCCCC2)c1. The molecule has 1 saturated carbocycles. The van der Waals surface area contributed by atoms with Gasteiger partial charge in [-0.3, -0.25) is 14.7 Å². The minimum Gasteiger partial charge on any atom is -0.428 e. The van der Waals surface area contributed by atoms with Gasteiger partial charge in [-0.25, -0.2) is 4.79 Å². The number of hydrogen-bond donors (Lipinski definition) is 2. The van der Waals surface area contributed by atoms with E-state index in [0.29, 0.717) is 23.6 Å². The van der Waals surface area contributed by atoms with Crippen LogP contribution in [-0.4, -0.2) is 36.6 Å². The number of rotatable bonds is 8. The van der Waals surface area contributed by atoms with Crippen LogP contribution >= 0.6 is 19.0 Å². The van der Waals surface area contributed by atoms with Gasteiger partial charge in [-0.05, 0) is 43.4 Å². The van der Waals surface area contributed by atoms with Crippen LogP contribution in [-0.2, 0) is 25.3 Å². The Morgan fingerprint density at radius 2 is 1.96 bits per heavy atom. The second kappa shape index (κ2) is 10.8. The number of anilines is 1. The maximum atomic E-state index is 11.9. The van der Waals surface area contributed by atoms with Gasteiger partial charge in [0.2, 0.25) is 6.79 Å². The molecule has 1 aromatic rings. The molecule has 0 aliphatic heterocycles. The van der Waals surface area contributed by atoms with Crippen LogP contribution in [0.25, 0.3) is 0 Å². The van der Waals surface area contributed by atoms with Crippen molar-refractivity contribution in [1.82, 2.24) is 0 Å². The number of carbonyl (C=O) groups excluding carboxylic acids is 2. The molecule has 0 heterocycles. The van der Waals surface area contributed by atoms with E-state index in [9.17, 15) is 19.0 Å². The standard InChI is InChI=1S/C19H27ClNO6P/c1-28(24,25)11-5-6-14-9-10-16(20)17(12-14)21-19(23)27-13-26-18(22)15-7-3-2-4-8-15/h9-10,12,15H,2-8,11,13H2,1H3,(H,21,23)(H,24,25). The Balaban J connectivity index is 1.78. The van der Waals surface area contributed by atoms with Gasteiger partial charge < -0.3 is 14.4 Å². The summed E-state index contributed by atoms with van der Waals surface area (Å²) in [6.07, 6.45) is 5.39. The smallest absolute Gasteiger partial charge is 0.414 e. The van der Waals surface area contributed by atoms with Gasteiger partial charge in [-0.1, -0.05) is 36.9 Å². The fourth-order valence-corrected chi connectivity index (χ4v) is 4.05. The first-order chi connectivity index (χ1) is 13.2. The predicted molar refractivity (Wildman–Crippen MR) is 108 cm³/mol. The second-order valence-electron chi connectivity index (χ2n) is 7.17. The molecule has 1 aliphatic carbocycles. The largest absolute Gasteiger partial charge is 0.428 e. The van der Waals surface area contributed by atoms with Gasteiger partial charge in [0.25, 0.3) is 0 Å². The lowest BCUT2D eigenvalue weighted by Crippen LogP contribution is -2.23. The number of esters is 1. The number of amides is 1. The van der Waals surface area contributed by atoms with E-state index in [2.05, 4.69) is 5.32 Å². The molecule has 0 saturated heterocycles. The van der Waals surface area contributed by atoms with Gasteiger partial charge in [-0.15, -0.1) is 0 Å². The highest BCUT2D eigenvalue weighted by atomic mass is 35.5. The molecule has 1 aromatic carbocycles. The highest BCUT2D eigenvalue weighted by Crippen LogP contribution is 2.36. The number of benzene rings is 1. The van der Waals surface area contributed by atoms with E-state index >= 15 is 0 Å². The summed E-state index contributed by atoms with van der Waals surface area (Å²) in [6, 6.07) is 5.12. The van der Waals surface area contributed by atoms with Crippen molar-refractivity contribution in [3.8, 4) is 0 Å². The summed E-state index contributed by atoms with van der Waals surface area (Å²) in [5.41, 5.74) is 1.24. The molecule has 28 heavy (non-hydrogen) atoms. The molecule has 9 heteroatoms. The van der Waals surface area contributed by atoms with Crippen LogP contribution in [0.15, 0.2) is 18.2 Å². The van der Waals surface area contributed by atoms with E-state index in [4.69, 9.17) is 21.1 Å². The zero-order valence-electron chi connectivity index (χ0n) is 16.0. The highest BCUT2D eigenvalue weighted by Gasteiger charge is 2.22. The van der Waals surface area contributed by atoms with Crippen LogP contribution in [0.4, 0.5) is 10.5 Å². The quantitative estimate of drug-likeness (QED) is 0.348. The summed E-state index contributed by atoms with van der Waals surface area (Å²) in [4.78, 5) is 33.2. The van der Waals surface area contributed by atoms with Gasteiger partial charge in [-0.2, -0.15) is 0 Å². The number of hydrogen-bond acceptors (Lipinski definition) is 5. The lowest BCUT2D eigenvalue weighted by molar-refractivity contribution is -0.157. The molecular weight excluding hydrogens is 405 g/mol. The molecule has 7 nitrogen and oxygen atoms in total. The second-order valence-corrected chi connectivity index (χ2v) is 10.1. The Morgan fingerprint density at radius 1 is 1.25 bits per heavy atom. The number of carbonyl (C=O) groups is 2. The molecule has 156 valence electrons.